The number of anilines is 1. The number of nitrogens with zero attached hydrogens (tertiary/aromatic N) is 3. The van der Waals surface area contributed by atoms with Gasteiger partial charge in [0.1, 0.15) is 6.33 Å². The van der Waals surface area contributed by atoms with Crippen molar-refractivity contribution in [3.8, 4) is 17.5 Å². The van der Waals surface area contributed by atoms with E-state index in [9.17, 15) is 0 Å². The zero-order valence-electron chi connectivity index (χ0n) is 12.6. The van der Waals surface area contributed by atoms with Gasteiger partial charge >= 0.3 is 0 Å². The molecule has 0 bridgehead atoms. The van der Waals surface area contributed by atoms with Crippen LogP contribution in [0.2, 0.25) is 0 Å². The third-order valence-corrected chi connectivity index (χ3v) is 2.87. The molecule has 0 atom stereocenters. The highest BCUT2D eigenvalue weighted by Gasteiger charge is 2.13. The highest BCUT2D eigenvalue weighted by molar-refractivity contribution is 5.57. The number of rotatable bonds is 6. The van der Waals surface area contributed by atoms with E-state index in [4.69, 9.17) is 15.2 Å². The summed E-state index contributed by atoms with van der Waals surface area (Å²) in [6, 6.07) is 3.76. The molecule has 2 aromatic heterocycles. The zero-order valence-corrected chi connectivity index (χ0v) is 12.6. The third-order valence-electron chi connectivity index (χ3n) is 2.87. The van der Waals surface area contributed by atoms with Crippen molar-refractivity contribution < 1.29 is 9.47 Å². The van der Waals surface area contributed by atoms with Gasteiger partial charge in [-0.15, -0.1) is 0 Å². The first kappa shape index (κ1) is 15.0. The van der Waals surface area contributed by atoms with E-state index in [1.54, 1.807) is 0 Å². The first-order chi connectivity index (χ1) is 10.2. The lowest BCUT2D eigenvalue weighted by atomic mass is 10.2. The van der Waals surface area contributed by atoms with Crippen LogP contribution < -0.4 is 15.2 Å². The summed E-state index contributed by atoms with van der Waals surface area (Å²) in [5.41, 5.74) is 8.11. The maximum Gasteiger partial charge on any atom is 0.249 e. The van der Waals surface area contributed by atoms with Gasteiger partial charge in [-0.1, -0.05) is 13.8 Å². The molecule has 0 fully saturated rings. The molecule has 21 heavy (non-hydrogen) atoms. The summed E-state index contributed by atoms with van der Waals surface area (Å²) < 4.78 is 11.3. The summed E-state index contributed by atoms with van der Waals surface area (Å²) in [5.74, 6) is 1.28. The molecular weight excluding hydrogens is 268 g/mol. The van der Waals surface area contributed by atoms with Crippen LogP contribution in [0.15, 0.2) is 18.5 Å². The zero-order chi connectivity index (χ0) is 15.2. The fourth-order valence-electron chi connectivity index (χ4n) is 1.81. The molecular formula is C15H20N4O2. The van der Waals surface area contributed by atoms with Crippen LogP contribution in [-0.2, 0) is 6.42 Å². The highest BCUT2D eigenvalue weighted by atomic mass is 16.5. The number of aryl methyl sites for hydroxylation is 2. The molecule has 0 spiro atoms. The predicted octanol–water partition coefficient (Wildman–Crippen LogP) is 2.91. The third kappa shape index (κ3) is 3.59. The molecule has 2 rings (SSSR count). The number of hydrogen-bond donors (Lipinski definition) is 1. The van der Waals surface area contributed by atoms with E-state index in [0.717, 1.165) is 24.2 Å². The molecule has 112 valence electrons. The van der Waals surface area contributed by atoms with Gasteiger partial charge in [-0.2, -0.15) is 9.97 Å². The Bertz CT molecular complexity index is 617. The van der Waals surface area contributed by atoms with E-state index in [1.165, 1.54) is 6.33 Å². The molecule has 0 amide bonds. The lowest BCUT2D eigenvalue weighted by molar-refractivity contribution is 0.304. The second-order valence-electron chi connectivity index (χ2n) is 4.60. The quantitative estimate of drug-likeness (QED) is 0.880. The van der Waals surface area contributed by atoms with Gasteiger partial charge < -0.3 is 15.2 Å². The minimum atomic E-state index is 0.288. The summed E-state index contributed by atoms with van der Waals surface area (Å²) in [7, 11) is 0. The number of hydrogen-bond acceptors (Lipinski definition) is 6. The summed E-state index contributed by atoms with van der Waals surface area (Å²) in [4.78, 5) is 12.5. The molecule has 0 radical (unpaired) electrons. The summed E-state index contributed by atoms with van der Waals surface area (Å²) in [6.45, 7) is 6.53. The fourth-order valence-corrected chi connectivity index (χ4v) is 1.81. The molecule has 0 aliphatic carbocycles. The highest BCUT2D eigenvalue weighted by Crippen LogP contribution is 2.32. The van der Waals surface area contributed by atoms with E-state index in [1.807, 2.05) is 32.9 Å². The van der Waals surface area contributed by atoms with Gasteiger partial charge in [0, 0.05) is 5.69 Å². The van der Waals surface area contributed by atoms with E-state index in [2.05, 4.69) is 15.0 Å². The Hall–Kier alpha value is -2.37. The average molecular weight is 288 g/mol. The molecule has 0 aromatic carbocycles. The van der Waals surface area contributed by atoms with Crippen molar-refractivity contribution in [1.29, 1.82) is 0 Å². The van der Waals surface area contributed by atoms with Crippen LogP contribution in [0.3, 0.4) is 0 Å². The second-order valence-corrected chi connectivity index (χ2v) is 4.60. The lowest BCUT2D eigenvalue weighted by Gasteiger charge is -2.12. The summed E-state index contributed by atoms with van der Waals surface area (Å²) in [5, 5.41) is 0. The van der Waals surface area contributed by atoms with Crippen molar-refractivity contribution in [3.05, 3.63) is 29.8 Å². The van der Waals surface area contributed by atoms with E-state index in [0.29, 0.717) is 23.9 Å². The molecule has 2 heterocycles. The van der Waals surface area contributed by atoms with Gasteiger partial charge in [0.2, 0.25) is 11.8 Å². The molecule has 0 aliphatic heterocycles. The van der Waals surface area contributed by atoms with Crippen molar-refractivity contribution in [1.82, 2.24) is 15.0 Å². The van der Waals surface area contributed by atoms with Crippen LogP contribution in [0.4, 0.5) is 5.69 Å². The Morgan fingerprint density at radius 1 is 1.14 bits per heavy atom. The van der Waals surface area contributed by atoms with Crippen molar-refractivity contribution in [2.45, 2.75) is 33.6 Å². The number of aromatic nitrogens is 3. The van der Waals surface area contributed by atoms with Crippen LogP contribution in [-0.4, -0.2) is 21.6 Å². The van der Waals surface area contributed by atoms with E-state index >= 15 is 0 Å². The number of ether oxygens (including phenoxy) is 2. The Balaban J connectivity index is 2.27. The minimum Gasteiger partial charge on any atom is -0.476 e. The number of nitrogens with two attached hydrogens (primary N) is 1. The summed E-state index contributed by atoms with van der Waals surface area (Å²) in [6.07, 6.45) is 3.02. The minimum absolute atomic E-state index is 0.288. The van der Waals surface area contributed by atoms with Crippen LogP contribution in [0.5, 0.6) is 17.5 Å². The molecule has 0 aliphatic rings. The molecule has 2 N–H and O–H groups in total. The maximum absolute atomic E-state index is 6.00. The monoisotopic (exact) mass is 288 g/mol. The molecule has 0 saturated carbocycles. The Morgan fingerprint density at radius 3 is 2.62 bits per heavy atom. The molecule has 2 aromatic rings. The standard InChI is InChI=1S/C15H20N4O2/c1-4-8-20-14-13(16)15(18-9-17-14)21-12-7-6-10(3)19-11(12)5-2/h6-7,9H,4-5,8,16H2,1-3H3. The van der Waals surface area contributed by atoms with E-state index < -0.39 is 0 Å². The molecule has 0 unspecified atom stereocenters. The topological polar surface area (TPSA) is 83.2 Å². The molecule has 6 nitrogen and oxygen atoms in total. The van der Waals surface area contributed by atoms with Gasteiger partial charge in [-0.3, -0.25) is 4.98 Å². The predicted molar refractivity (Wildman–Crippen MR) is 80.7 cm³/mol. The Labute approximate surface area is 124 Å². The van der Waals surface area contributed by atoms with Crippen LogP contribution in [0.1, 0.15) is 31.7 Å². The average Bonchev–Trinajstić information content (AvgIpc) is 2.49. The van der Waals surface area contributed by atoms with Gasteiger partial charge in [0.15, 0.2) is 11.4 Å². The van der Waals surface area contributed by atoms with E-state index in [-0.39, 0.29) is 5.88 Å². The SMILES string of the molecule is CCCOc1ncnc(Oc2ccc(C)nc2CC)c1N. The maximum atomic E-state index is 6.00. The lowest BCUT2D eigenvalue weighted by Crippen LogP contribution is -2.05. The van der Waals surface area contributed by atoms with Crippen molar-refractivity contribution >= 4 is 5.69 Å². The van der Waals surface area contributed by atoms with Crippen molar-refractivity contribution in [3.63, 3.8) is 0 Å². The van der Waals surface area contributed by atoms with Crippen LogP contribution in [0.25, 0.3) is 0 Å². The molecule has 0 saturated heterocycles. The van der Waals surface area contributed by atoms with Crippen molar-refractivity contribution in [2.75, 3.05) is 12.3 Å². The van der Waals surface area contributed by atoms with Crippen LogP contribution >= 0.6 is 0 Å². The first-order valence-electron chi connectivity index (χ1n) is 7.03. The van der Waals surface area contributed by atoms with Gasteiger partial charge in [0.25, 0.3) is 0 Å². The van der Waals surface area contributed by atoms with Crippen molar-refractivity contribution in [2.24, 2.45) is 0 Å². The Kier molecular flexibility index (Phi) is 4.92. The fraction of sp³-hybridized carbons (Fsp3) is 0.400. The first-order valence-corrected chi connectivity index (χ1v) is 7.03. The van der Waals surface area contributed by atoms with Crippen LogP contribution in [0, 0.1) is 6.92 Å². The van der Waals surface area contributed by atoms with Gasteiger partial charge in [-0.25, -0.2) is 0 Å². The number of pyridine rings is 1. The Morgan fingerprint density at radius 2 is 1.90 bits per heavy atom. The summed E-state index contributed by atoms with van der Waals surface area (Å²) >= 11 is 0. The van der Waals surface area contributed by atoms with Gasteiger partial charge in [0.05, 0.1) is 12.3 Å². The normalized spacial score (nSPS) is 10.4. The largest absolute Gasteiger partial charge is 0.476 e. The smallest absolute Gasteiger partial charge is 0.249 e. The van der Waals surface area contributed by atoms with Gasteiger partial charge in [-0.05, 0) is 31.9 Å². The molecule has 6 heteroatoms. The second kappa shape index (κ2) is 6.88. The number of nitrogen functional groups attached to an aromatic ring is 1.